The van der Waals surface area contributed by atoms with Crippen LogP contribution in [0.1, 0.15) is 22.4 Å². The third-order valence-electron chi connectivity index (χ3n) is 3.31. The van der Waals surface area contributed by atoms with Crippen LogP contribution in [-0.2, 0) is 5.75 Å². The molecule has 0 bridgehead atoms. The van der Waals surface area contributed by atoms with Crippen LogP contribution in [0.25, 0.3) is 0 Å². The summed E-state index contributed by atoms with van der Waals surface area (Å²) in [6, 6.07) is 8.15. The number of nitrogens with zero attached hydrogens (tertiary/aromatic N) is 2. The molecule has 0 aliphatic carbocycles. The van der Waals surface area contributed by atoms with E-state index in [1.54, 1.807) is 13.8 Å². The highest BCUT2D eigenvalue weighted by Gasteiger charge is 2.13. The molecule has 110 valence electrons. The Bertz CT molecular complexity index is 752. The predicted octanol–water partition coefficient (Wildman–Crippen LogP) is 2.47. The second-order valence-electron chi connectivity index (χ2n) is 4.90. The minimum Gasteiger partial charge on any atom is -0.369 e. The van der Waals surface area contributed by atoms with Gasteiger partial charge in [-0.25, -0.2) is 0 Å². The van der Waals surface area contributed by atoms with Gasteiger partial charge in [0, 0.05) is 17.0 Å². The van der Waals surface area contributed by atoms with E-state index >= 15 is 0 Å². The van der Waals surface area contributed by atoms with Gasteiger partial charge in [0.2, 0.25) is 5.95 Å². The van der Waals surface area contributed by atoms with Gasteiger partial charge in [-0.3, -0.25) is 14.8 Å². The van der Waals surface area contributed by atoms with Crippen LogP contribution in [0, 0.1) is 26.2 Å². The van der Waals surface area contributed by atoms with Gasteiger partial charge < -0.3 is 5.73 Å². The molecule has 0 aliphatic heterocycles. The molecule has 2 aromatic rings. The average molecular weight is 302 g/mol. The lowest BCUT2D eigenvalue weighted by molar-refractivity contribution is 0.953. The fraction of sp³-hybridized carbons (Fsp3) is 0.267. The van der Waals surface area contributed by atoms with E-state index in [1.807, 2.05) is 25.1 Å². The van der Waals surface area contributed by atoms with Gasteiger partial charge in [0.05, 0.1) is 0 Å². The molecule has 5 nitrogen and oxygen atoms in total. The fourth-order valence-corrected chi connectivity index (χ4v) is 2.85. The third kappa shape index (κ3) is 3.33. The van der Waals surface area contributed by atoms with Gasteiger partial charge in [0.1, 0.15) is 0 Å². The van der Waals surface area contributed by atoms with E-state index in [0.29, 0.717) is 17.0 Å². The molecule has 2 rings (SSSR count). The summed E-state index contributed by atoms with van der Waals surface area (Å²) in [5.74, 6) is 0.731. The van der Waals surface area contributed by atoms with Gasteiger partial charge >= 0.3 is 0 Å². The minimum absolute atomic E-state index is 0.0600. The first-order valence-electron chi connectivity index (χ1n) is 6.53. The number of aryl methyl sites for hydroxylation is 1. The molecule has 1 aromatic carbocycles. The minimum atomic E-state index is -0.335. The highest BCUT2D eigenvalue weighted by Crippen LogP contribution is 2.18. The number of rotatable bonds is 2. The standard InChI is InChI=1S/C15H18N4OS/c1-9-5-4-6-12(7-9)8-21-15(17)19-11(3)10(2)13(20)18-14(19)16/h4-7,17H,8H2,1-3H3,(H2,16,18,20). The van der Waals surface area contributed by atoms with E-state index in [-0.39, 0.29) is 16.7 Å². The maximum absolute atomic E-state index is 11.6. The van der Waals surface area contributed by atoms with Gasteiger partial charge in [-0.15, -0.1) is 0 Å². The van der Waals surface area contributed by atoms with Gasteiger partial charge in [0.15, 0.2) is 5.17 Å². The van der Waals surface area contributed by atoms with Crippen molar-refractivity contribution in [3.05, 3.63) is 57.0 Å². The Morgan fingerprint density at radius 1 is 1.38 bits per heavy atom. The second kappa shape index (κ2) is 6.13. The number of hydrogen-bond donors (Lipinski definition) is 2. The fourth-order valence-electron chi connectivity index (χ4n) is 2.01. The molecule has 21 heavy (non-hydrogen) atoms. The summed E-state index contributed by atoms with van der Waals surface area (Å²) in [7, 11) is 0. The molecular formula is C15H18N4OS. The number of benzene rings is 1. The molecule has 0 saturated carbocycles. The molecule has 0 saturated heterocycles. The van der Waals surface area contributed by atoms with Crippen LogP contribution < -0.4 is 11.3 Å². The van der Waals surface area contributed by atoms with Crippen molar-refractivity contribution < 1.29 is 0 Å². The zero-order valence-electron chi connectivity index (χ0n) is 12.3. The van der Waals surface area contributed by atoms with E-state index < -0.39 is 0 Å². The summed E-state index contributed by atoms with van der Waals surface area (Å²) in [6.07, 6.45) is 0. The van der Waals surface area contributed by atoms with Crippen molar-refractivity contribution in [2.24, 2.45) is 0 Å². The molecular weight excluding hydrogens is 284 g/mol. The lowest BCUT2D eigenvalue weighted by Crippen LogP contribution is -2.25. The molecule has 0 aliphatic rings. The van der Waals surface area contributed by atoms with E-state index in [9.17, 15) is 4.79 Å². The van der Waals surface area contributed by atoms with Crippen molar-refractivity contribution in [1.29, 1.82) is 5.41 Å². The molecule has 0 radical (unpaired) electrons. The van der Waals surface area contributed by atoms with E-state index in [0.717, 1.165) is 5.56 Å². The van der Waals surface area contributed by atoms with Crippen molar-refractivity contribution in [2.45, 2.75) is 26.5 Å². The summed E-state index contributed by atoms with van der Waals surface area (Å²) in [5, 5.41) is 8.45. The lowest BCUT2D eigenvalue weighted by Gasteiger charge is -2.15. The van der Waals surface area contributed by atoms with Crippen LogP contribution >= 0.6 is 11.8 Å². The number of anilines is 1. The van der Waals surface area contributed by atoms with Crippen LogP contribution in [0.3, 0.4) is 0 Å². The monoisotopic (exact) mass is 302 g/mol. The zero-order chi connectivity index (χ0) is 15.6. The van der Waals surface area contributed by atoms with Crippen LogP contribution in [0.15, 0.2) is 29.1 Å². The Kier molecular flexibility index (Phi) is 4.47. The first kappa shape index (κ1) is 15.3. The quantitative estimate of drug-likeness (QED) is 0.659. The van der Waals surface area contributed by atoms with Crippen LogP contribution in [0.2, 0.25) is 0 Å². The van der Waals surface area contributed by atoms with Crippen molar-refractivity contribution in [2.75, 3.05) is 5.73 Å². The van der Waals surface area contributed by atoms with Crippen molar-refractivity contribution in [3.63, 3.8) is 0 Å². The molecule has 1 heterocycles. The largest absolute Gasteiger partial charge is 0.369 e. The average Bonchev–Trinajstić information content (AvgIpc) is 2.43. The molecule has 0 spiro atoms. The molecule has 0 atom stereocenters. The normalized spacial score (nSPS) is 10.6. The Hall–Kier alpha value is -2.08. The van der Waals surface area contributed by atoms with Crippen molar-refractivity contribution >= 4 is 22.9 Å². The van der Waals surface area contributed by atoms with Crippen LogP contribution in [-0.4, -0.2) is 14.7 Å². The zero-order valence-corrected chi connectivity index (χ0v) is 13.1. The number of nitrogen functional groups attached to an aromatic ring is 1. The third-order valence-corrected chi connectivity index (χ3v) is 4.24. The van der Waals surface area contributed by atoms with Gasteiger partial charge in [-0.2, -0.15) is 4.98 Å². The van der Waals surface area contributed by atoms with Crippen LogP contribution in [0.5, 0.6) is 0 Å². The van der Waals surface area contributed by atoms with Gasteiger partial charge in [0.25, 0.3) is 5.56 Å². The number of nitrogens with one attached hydrogen (secondary N) is 1. The Morgan fingerprint density at radius 2 is 2.10 bits per heavy atom. The van der Waals surface area contributed by atoms with Gasteiger partial charge in [-0.1, -0.05) is 41.6 Å². The molecule has 3 N–H and O–H groups in total. The molecule has 0 amide bonds. The molecule has 0 unspecified atom stereocenters. The molecule has 1 aromatic heterocycles. The highest BCUT2D eigenvalue weighted by atomic mass is 32.2. The van der Waals surface area contributed by atoms with E-state index in [4.69, 9.17) is 11.1 Å². The van der Waals surface area contributed by atoms with E-state index in [2.05, 4.69) is 11.1 Å². The summed E-state index contributed by atoms with van der Waals surface area (Å²) < 4.78 is 1.51. The molecule has 0 fully saturated rings. The van der Waals surface area contributed by atoms with E-state index in [1.165, 1.54) is 21.9 Å². The number of aromatic nitrogens is 2. The highest BCUT2D eigenvalue weighted by molar-refractivity contribution is 8.13. The summed E-state index contributed by atoms with van der Waals surface area (Å²) >= 11 is 1.36. The number of nitrogens with two attached hydrogens (primary N) is 1. The Morgan fingerprint density at radius 3 is 2.76 bits per heavy atom. The summed E-state index contributed by atoms with van der Waals surface area (Å²) in [4.78, 5) is 15.3. The maximum atomic E-state index is 11.6. The summed E-state index contributed by atoms with van der Waals surface area (Å²) in [5.41, 5.74) is 8.96. The first-order chi connectivity index (χ1) is 9.90. The lowest BCUT2D eigenvalue weighted by atomic mass is 10.2. The predicted molar refractivity (Wildman–Crippen MR) is 88.0 cm³/mol. The summed E-state index contributed by atoms with van der Waals surface area (Å²) in [6.45, 7) is 5.51. The van der Waals surface area contributed by atoms with Crippen molar-refractivity contribution in [3.8, 4) is 0 Å². The smallest absolute Gasteiger partial charge is 0.277 e. The van der Waals surface area contributed by atoms with Crippen molar-refractivity contribution in [1.82, 2.24) is 9.55 Å². The number of thioether (sulfide) groups is 1. The second-order valence-corrected chi connectivity index (χ2v) is 5.87. The Balaban J connectivity index is 2.22. The topological polar surface area (TPSA) is 84.8 Å². The number of hydrogen-bond acceptors (Lipinski definition) is 5. The Labute approximate surface area is 127 Å². The van der Waals surface area contributed by atoms with Gasteiger partial charge in [-0.05, 0) is 26.3 Å². The SMILES string of the molecule is Cc1cccc(CSC(=N)n2c(N)nc(=O)c(C)c2C)c1. The van der Waals surface area contributed by atoms with Crippen LogP contribution in [0.4, 0.5) is 5.95 Å². The maximum Gasteiger partial charge on any atom is 0.277 e. The molecule has 6 heteroatoms. The first-order valence-corrected chi connectivity index (χ1v) is 7.51.